The lowest BCUT2D eigenvalue weighted by molar-refractivity contribution is -0.132. The zero-order chi connectivity index (χ0) is 13.2. The lowest BCUT2D eigenvalue weighted by atomic mass is 10.1. The third kappa shape index (κ3) is 2.66. The molecule has 3 heteroatoms. The fourth-order valence-electron chi connectivity index (χ4n) is 3.26. The predicted molar refractivity (Wildman–Crippen MR) is 75.6 cm³/mol. The summed E-state index contributed by atoms with van der Waals surface area (Å²) in [5.74, 6) is 0.606. The molecule has 19 heavy (non-hydrogen) atoms. The molecule has 2 saturated heterocycles. The molecule has 2 aliphatic rings. The van der Waals surface area contributed by atoms with E-state index >= 15 is 0 Å². The molecule has 1 aromatic rings. The molecule has 3 rings (SSSR count). The van der Waals surface area contributed by atoms with Crippen molar-refractivity contribution < 1.29 is 4.79 Å². The summed E-state index contributed by atoms with van der Waals surface area (Å²) in [5, 5.41) is 0. The molecule has 2 aliphatic heterocycles. The van der Waals surface area contributed by atoms with Crippen LogP contribution in [0.1, 0.15) is 25.3 Å². The summed E-state index contributed by atoms with van der Waals surface area (Å²) in [6.45, 7) is 6.17. The number of benzene rings is 1. The average molecular weight is 258 g/mol. The molecule has 0 aromatic heterocycles. The number of rotatable bonds is 3. The standard InChI is InChI=1S/C16H22N2O/c1-13-7-10-18(16(13)19)15-8-9-17(12-15)11-14-5-3-2-4-6-14/h2-6,13,15H,7-12H2,1H3. The number of hydrogen-bond donors (Lipinski definition) is 0. The molecule has 2 fully saturated rings. The van der Waals surface area contributed by atoms with Gasteiger partial charge in [0.2, 0.25) is 5.91 Å². The van der Waals surface area contributed by atoms with Gasteiger partial charge in [0.1, 0.15) is 0 Å². The quantitative estimate of drug-likeness (QED) is 0.829. The first kappa shape index (κ1) is 12.7. The Kier molecular flexibility index (Phi) is 3.56. The van der Waals surface area contributed by atoms with Crippen LogP contribution in [0.3, 0.4) is 0 Å². The summed E-state index contributed by atoms with van der Waals surface area (Å²) in [4.78, 5) is 16.7. The van der Waals surface area contributed by atoms with Crippen LogP contribution < -0.4 is 0 Å². The van der Waals surface area contributed by atoms with Crippen LogP contribution in [0.5, 0.6) is 0 Å². The SMILES string of the molecule is CC1CCN(C2CCN(Cc3ccccc3)C2)C1=O. The Morgan fingerprint density at radius 3 is 2.63 bits per heavy atom. The van der Waals surface area contributed by atoms with Crippen molar-refractivity contribution >= 4 is 5.91 Å². The van der Waals surface area contributed by atoms with Crippen LogP contribution in [0, 0.1) is 5.92 Å². The Hall–Kier alpha value is -1.35. The van der Waals surface area contributed by atoms with E-state index < -0.39 is 0 Å². The molecule has 2 atom stereocenters. The first-order valence-electron chi connectivity index (χ1n) is 7.31. The molecule has 0 spiro atoms. The van der Waals surface area contributed by atoms with Crippen LogP contribution >= 0.6 is 0 Å². The highest BCUT2D eigenvalue weighted by Gasteiger charge is 2.36. The topological polar surface area (TPSA) is 23.6 Å². The van der Waals surface area contributed by atoms with E-state index in [1.807, 2.05) is 0 Å². The van der Waals surface area contributed by atoms with Gasteiger partial charge in [-0.2, -0.15) is 0 Å². The molecule has 0 bridgehead atoms. The van der Waals surface area contributed by atoms with E-state index in [0.717, 1.165) is 39.0 Å². The van der Waals surface area contributed by atoms with E-state index in [1.165, 1.54) is 5.56 Å². The number of carbonyl (C=O) groups excluding carboxylic acids is 1. The first-order chi connectivity index (χ1) is 9.24. The summed E-state index contributed by atoms with van der Waals surface area (Å²) in [6, 6.07) is 11.0. The third-order valence-corrected chi connectivity index (χ3v) is 4.44. The molecule has 3 nitrogen and oxygen atoms in total. The minimum Gasteiger partial charge on any atom is -0.338 e. The van der Waals surface area contributed by atoms with Gasteiger partial charge in [0.15, 0.2) is 0 Å². The van der Waals surface area contributed by atoms with E-state index in [1.54, 1.807) is 0 Å². The maximum absolute atomic E-state index is 12.1. The fourth-order valence-corrected chi connectivity index (χ4v) is 3.26. The van der Waals surface area contributed by atoms with Gasteiger partial charge in [0.05, 0.1) is 0 Å². The summed E-state index contributed by atoms with van der Waals surface area (Å²) < 4.78 is 0. The molecule has 102 valence electrons. The van der Waals surface area contributed by atoms with Crippen molar-refractivity contribution in [1.29, 1.82) is 0 Å². The molecule has 0 radical (unpaired) electrons. The van der Waals surface area contributed by atoms with Crippen molar-refractivity contribution in [2.75, 3.05) is 19.6 Å². The van der Waals surface area contributed by atoms with Gasteiger partial charge in [-0.05, 0) is 18.4 Å². The van der Waals surface area contributed by atoms with Gasteiger partial charge in [0, 0.05) is 38.1 Å². The Morgan fingerprint density at radius 2 is 1.95 bits per heavy atom. The maximum Gasteiger partial charge on any atom is 0.225 e. The van der Waals surface area contributed by atoms with Crippen LogP contribution in [-0.2, 0) is 11.3 Å². The van der Waals surface area contributed by atoms with Crippen molar-refractivity contribution in [3.05, 3.63) is 35.9 Å². The Morgan fingerprint density at radius 1 is 1.16 bits per heavy atom. The minimum absolute atomic E-state index is 0.239. The van der Waals surface area contributed by atoms with Crippen LogP contribution in [0.2, 0.25) is 0 Å². The van der Waals surface area contributed by atoms with Gasteiger partial charge < -0.3 is 4.90 Å². The molecule has 0 saturated carbocycles. The number of amides is 1. The van der Waals surface area contributed by atoms with Crippen molar-refractivity contribution in [3.8, 4) is 0 Å². The fraction of sp³-hybridized carbons (Fsp3) is 0.562. The van der Waals surface area contributed by atoms with E-state index in [2.05, 4.69) is 47.1 Å². The van der Waals surface area contributed by atoms with E-state index in [4.69, 9.17) is 0 Å². The smallest absolute Gasteiger partial charge is 0.225 e. The van der Waals surface area contributed by atoms with Crippen LogP contribution in [0.4, 0.5) is 0 Å². The van der Waals surface area contributed by atoms with Crippen LogP contribution in [-0.4, -0.2) is 41.4 Å². The van der Waals surface area contributed by atoms with Gasteiger partial charge in [0.25, 0.3) is 0 Å². The van der Waals surface area contributed by atoms with E-state index in [-0.39, 0.29) is 5.92 Å². The van der Waals surface area contributed by atoms with Crippen molar-refractivity contribution in [2.45, 2.75) is 32.4 Å². The normalized spacial score (nSPS) is 28.3. The van der Waals surface area contributed by atoms with Gasteiger partial charge in [-0.25, -0.2) is 0 Å². The minimum atomic E-state index is 0.239. The Balaban J connectivity index is 1.57. The molecular formula is C16H22N2O. The molecule has 1 aromatic carbocycles. The van der Waals surface area contributed by atoms with Crippen molar-refractivity contribution in [2.24, 2.45) is 5.92 Å². The highest BCUT2D eigenvalue weighted by molar-refractivity contribution is 5.80. The predicted octanol–water partition coefficient (Wildman–Crippen LogP) is 2.13. The number of likely N-dealkylation sites (tertiary alicyclic amines) is 2. The number of hydrogen-bond acceptors (Lipinski definition) is 2. The van der Waals surface area contributed by atoms with Gasteiger partial charge in [-0.15, -0.1) is 0 Å². The molecule has 0 aliphatic carbocycles. The molecule has 2 heterocycles. The van der Waals surface area contributed by atoms with E-state index in [0.29, 0.717) is 11.9 Å². The maximum atomic E-state index is 12.1. The van der Waals surface area contributed by atoms with Crippen molar-refractivity contribution in [1.82, 2.24) is 9.80 Å². The van der Waals surface area contributed by atoms with Crippen LogP contribution in [0.25, 0.3) is 0 Å². The second kappa shape index (κ2) is 5.33. The average Bonchev–Trinajstić information content (AvgIpc) is 3.00. The van der Waals surface area contributed by atoms with Crippen LogP contribution in [0.15, 0.2) is 30.3 Å². The highest BCUT2D eigenvalue weighted by Crippen LogP contribution is 2.25. The third-order valence-electron chi connectivity index (χ3n) is 4.44. The lowest BCUT2D eigenvalue weighted by Crippen LogP contribution is -2.39. The highest BCUT2D eigenvalue weighted by atomic mass is 16.2. The van der Waals surface area contributed by atoms with Crippen molar-refractivity contribution in [3.63, 3.8) is 0 Å². The summed E-state index contributed by atoms with van der Waals surface area (Å²) in [5.41, 5.74) is 1.37. The van der Waals surface area contributed by atoms with Gasteiger partial charge in [-0.1, -0.05) is 37.3 Å². The number of carbonyl (C=O) groups is 1. The largest absolute Gasteiger partial charge is 0.338 e. The molecule has 1 amide bonds. The van der Waals surface area contributed by atoms with Gasteiger partial charge >= 0.3 is 0 Å². The number of nitrogens with zero attached hydrogens (tertiary/aromatic N) is 2. The Bertz CT molecular complexity index is 445. The molecule has 0 N–H and O–H groups in total. The van der Waals surface area contributed by atoms with Gasteiger partial charge in [-0.3, -0.25) is 9.69 Å². The zero-order valence-corrected chi connectivity index (χ0v) is 11.6. The first-order valence-corrected chi connectivity index (χ1v) is 7.31. The van der Waals surface area contributed by atoms with E-state index in [9.17, 15) is 4.79 Å². The zero-order valence-electron chi connectivity index (χ0n) is 11.6. The second-order valence-electron chi connectivity index (χ2n) is 5.88. The summed E-state index contributed by atoms with van der Waals surface area (Å²) in [7, 11) is 0. The molecular weight excluding hydrogens is 236 g/mol. The Labute approximate surface area is 115 Å². The second-order valence-corrected chi connectivity index (χ2v) is 5.88. The lowest BCUT2D eigenvalue weighted by Gasteiger charge is -2.24. The summed E-state index contributed by atoms with van der Waals surface area (Å²) >= 11 is 0. The summed E-state index contributed by atoms with van der Waals surface area (Å²) in [6.07, 6.45) is 2.17. The molecule has 2 unspecified atom stereocenters. The monoisotopic (exact) mass is 258 g/mol.